The zero-order chi connectivity index (χ0) is 17.1. The number of aromatic amines is 1. The predicted molar refractivity (Wildman–Crippen MR) is 91.9 cm³/mol. The van der Waals surface area contributed by atoms with Gasteiger partial charge in [-0.2, -0.15) is 0 Å². The molecule has 0 aliphatic carbocycles. The fourth-order valence-corrected chi connectivity index (χ4v) is 2.53. The van der Waals surface area contributed by atoms with Gasteiger partial charge in [0.25, 0.3) is 5.91 Å². The van der Waals surface area contributed by atoms with E-state index < -0.39 is 0 Å². The molecule has 0 unspecified atom stereocenters. The van der Waals surface area contributed by atoms with Crippen LogP contribution in [0.2, 0.25) is 0 Å². The average Bonchev–Trinajstić information content (AvgIpc) is 2.97. The van der Waals surface area contributed by atoms with Crippen molar-refractivity contribution in [3.05, 3.63) is 65.6 Å². The van der Waals surface area contributed by atoms with E-state index in [-0.39, 0.29) is 11.7 Å². The lowest BCUT2D eigenvalue weighted by Gasteiger charge is -2.16. The smallest absolute Gasteiger partial charge is 0.270 e. The summed E-state index contributed by atoms with van der Waals surface area (Å²) >= 11 is 0. The number of aromatic nitrogens is 1. The molecule has 0 saturated heterocycles. The average molecular weight is 326 g/mol. The van der Waals surface area contributed by atoms with Crippen LogP contribution in [0, 0.1) is 12.7 Å². The number of hydrogen-bond donors (Lipinski definition) is 1. The number of carbonyl (C=O) groups excluding carboxylic acids is 1. The van der Waals surface area contributed by atoms with Crippen molar-refractivity contribution in [1.29, 1.82) is 0 Å². The Hall–Kier alpha value is -2.82. The highest BCUT2D eigenvalue weighted by molar-refractivity contribution is 5.97. The second-order valence-corrected chi connectivity index (χ2v) is 5.81. The minimum Gasteiger partial charge on any atom is -0.492 e. The highest BCUT2D eigenvalue weighted by Crippen LogP contribution is 2.17. The number of rotatable bonds is 5. The van der Waals surface area contributed by atoms with Crippen LogP contribution in [0.4, 0.5) is 4.39 Å². The lowest BCUT2D eigenvalue weighted by Crippen LogP contribution is -2.31. The molecule has 0 aliphatic rings. The van der Waals surface area contributed by atoms with Gasteiger partial charge in [-0.3, -0.25) is 4.79 Å². The van der Waals surface area contributed by atoms with E-state index in [9.17, 15) is 9.18 Å². The summed E-state index contributed by atoms with van der Waals surface area (Å²) in [4.78, 5) is 17.0. The fourth-order valence-electron chi connectivity index (χ4n) is 2.53. The third kappa shape index (κ3) is 3.56. The van der Waals surface area contributed by atoms with Gasteiger partial charge in [-0.1, -0.05) is 12.1 Å². The summed E-state index contributed by atoms with van der Waals surface area (Å²) in [5.74, 6) is 0.316. The second kappa shape index (κ2) is 6.74. The van der Waals surface area contributed by atoms with Gasteiger partial charge >= 0.3 is 0 Å². The number of amides is 1. The molecule has 0 bridgehead atoms. The van der Waals surface area contributed by atoms with Gasteiger partial charge in [0.1, 0.15) is 23.9 Å². The Morgan fingerprint density at radius 2 is 2.04 bits per heavy atom. The molecule has 4 nitrogen and oxygen atoms in total. The van der Waals surface area contributed by atoms with Crippen LogP contribution in [0.3, 0.4) is 0 Å². The van der Waals surface area contributed by atoms with Crippen molar-refractivity contribution in [3.8, 4) is 5.75 Å². The summed E-state index contributed by atoms with van der Waals surface area (Å²) in [5, 5.41) is 0.683. The van der Waals surface area contributed by atoms with E-state index in [4.69, 9.17) is 4.74 Å². The maximum atomic E-state index is 13.2. The molecule has 3 rings (SSSR count). The summed E-state index contributed by atoms with van der Waals surface area (Å²) in [6.07, 6.45) is 0. The summed E-state index contributed by atoms with van der Waals surface area (Å²) in [6, 6.07) is 13.8. The molecule has 0 saturated carbocycles. The molecule has 1 amide bonds. The first kappa shape index (κ1) is 16.1. The van der Waals surface area contributed by atoms with E-state index in [1.54, 1.807) is 24.1 Å². The Morgan fingerprint density at radius 1 is 1.21 bits per heavy atom. The number of H-pyrrole nitrogens is 1. The highest BCUT2D eigenvalue weighted by Gasteiger charge is 2.14. The van der Waals surface area contributed by atoms with Crippen molar-refractivity contribution in [1.82, 2.24) is 9.88 Å². The first-order chi connectivity index (χ1) is 11.5. The van der Waals surface area contributed by atoms with Crippen molar-refractivity contribution in [3.63, 3.8) is 0 Å². The van der Waals surface area contributed by atoms with Crippen LogP contribution in [0.25, 0.3) is 10.9 Å². The monoisotopic (exact) mass is 326 g/mol. The predicted octanol–water partition coefficient (Wildman–Crippen LogP) is 3.77. The van der Waals surface area contributed by atoms with Crippen molar-refractivity contribution in [2.75, 3.05) is 20.2 Å². The number of carbonyl (C=O) groups is 1. The molecule has 0 fully saturated rings. The molecule has 0 aliphatic heterocycles. The van der Waals surface area contributed by atoms with Gasteiger partial charge in [-0.25, -0.2) is 4.39 Å². The second-order valence-electron chi connectivity index (χ2n) is 5.81. The Morgan fingerprint density at radius 3 is 2.83 bits per heavy atom. The zero-order valence-electron chi connectivity index (χ0n) is 13.7. The van der Waals surface area contributed by atoms with Gasteiger partial charge in [0.15, 0.2) is 0 Å². The minimum atomic E-state index is -0.319. The van der Waals surface area contributed by atoms with Gasteiger partial charge in [0.2, 0.25) is 0 Å². The van der Waals surface area contributed by atoms with Crippen LogP contribution in [0.15, 0.2) is 48.5 Å². The summed E-state index contributed by atoms with van der Waals surface area (Å²) < 4.78 is 18.9. The number of hydrogen-bond acceptors (Lipinski definition) is 2. The van der Waals surface area contributed by atoms with Crippen LogP contribution < -0.4 is 4.74 Å². The maximum absolute atomic E-state index is 13.2. The first-order valence-electron chi connectivity index (χ1n) is 7.76. The molecular formula is C19H19FN2O2. The van der Waals surface area contributed by atoms with Gasteiger partial charge in [0, 0.05) is 18.0 Å². The minimum absolute atomic E-state index is 0.153. The molecule has 1 N–H and O–H groups in total. The molecule has 5 heteroatoms. The van der Waals surface area contributed by atoms with E-state index in [0.29, 0.717) is 24.2 Å². The molecule has 3 aromatic rings. The molecule has 0 atom stereocenters. The number of nitrogens with zero attached hydrogens (tertiary/aromatic N) is 1. The Kier molecular flexibility index (Phi) is 4.51. The molecule has 0 spiro atoms. The summed E-state index contributed by atoms with van der Waals surface area (Å²) in [5.41, 5.74) is 2.31. The summed E-state index contributed by atoms with van der Waals surface area (Å²) in [7, 11) is 1.72. The number of benzene rings is 2. The first-order valence-corrected chi connectivity index (χ1v) is 7.76. The molecule has 124 valence electrons. The molecule has 1 aromatic heterocycles. The number of ether oxygens (including phenoxy) is 1. The van der Waals surface area contributed by atoms with Crippen molar-refractivity contribution in [2.24, 2.45) is 0 Å². The Labute approximate surface area is 139 Å². The molecule has 24 heavy (non-hydrogen) atoms. The maximum Gasteiger partial charge on any atom is 0.270 e. The highest BCUT2D eigenvalue weighted by atomic mass is 19.1. The number of halogens is 1. The van der Waals surface area contributed by atoms with E-state index in [1.165, 1.54) is 12.1 Å². The Balaban J connectivity index is 1.61. The van der Waals surface area contributed by atoms with Gasteiger partial charge < -0.3 is 14.6 Å². The number of aryl methyl sites for hydroxylation is 1. The van der Waals surface area contributed by atoms with Crippen molar-refractivity contribution < 1.29 is 13.9 Å². The molecule has 0 radical (unpaired) electrons. The van der Waals surface area contributed by atoms with Crippen LogP contribution in [0.1, 0.15) is 16.1 Å². The molecular weight excluding hydrogens is 307 g/mol. The third-order valence-electron chi connectivity index (χ3n) is 3.84. The lowest BCUT2D eigenvalue weighted by atomic mass is 10.2. The fraction of sp³-hybridized carbons (Fsp3) is 0.211. The van der Waals surface area contributed by atoms with Gasteiger partial charge in [-0.05, 0) is 48.9 Å². The van der Waals surface area contributed by atoms with Gasteiger partial charge in [0.05, 0.1) is 6.54 Å². The van der Waals surface area contributed by atoms with Crippen LogP contribution in [0.5, 0.6) is 5.75 Å². The van der Waals surface area contributed by atoms with Crippen LogP contribution in [-0.4, -0.2) is 36.0 Å². The normalized spacial score (nSPS) is 10.8. The number of likely N-dealkylation sites (N-methyl/N-ethyl adjacent to an activating group) is 1. The van der Waals surface area contributed by atoms with Crippen LogP contribution in [-0.2, 0) is 0 Å². The SMILES string of the molecule is Cc1cccc(OCCN(C)C(=O)c2cc3cc(F)ccc3[nH]2)c1. The Bertz CT molecular complexity index is 873. The molecule has 1 heterocycles. The van der Waals surface area contributed by atoms with E-state index in [1.807, 2.05) is 31.2 Å². The van der Waals surface area contributed by atoms with Gasteiger partial charge in [-0.15, -0.1) is 0 Å². The topological polar surface area (TPSA) is 45.3 Å². The largest absolute Gasteiger partial charge is 0.492 e. The van der Waals surface area contributed by atoms with Crippen LogP contribution >= 0.6 is 0 Å². The third-order valence-corrected chi connectivity index (χ3v) is 3.84. The number of fused-ring (bicyclic) bond motifs is 1. The van der Waals surface area contributed by atoms with Crippen molar-refractivity contribution >= 4 is 16.8 Å². The van der Waals surface area contributed by atoms with E-state index in [2.05, 4.69) is 4.98 Å². The lowest BCUT2D eigenvalue weighted by molar-refractivity contribution is 0.0769. The van der Waals surface area contributed by atoms with E-state index in [0.717, 1.165) is 16.8 Å². The standard InChI is InChI=1S/C19H19FN2O2/c1-13-4-3-5-16(10-13)24-9-8-22(2)19(23)18-12-14-11-15(20)6-7-17(14)21-18/h3-7,10-12,21H,8-9H2,1-2H3. The van der Waals surface area contributed by atoms with E-state index >= 15 is 0 Å². The quantitative estimate of drug-likeness (QED) is 0.776. The number of nitrogens with one attached hydrogen (secondary N) is 1. The van der Waals surface area contributed by atoms with Crippen molar-refractivity contribution in [2.45, 2.75) is 6.92 Å². The zero-order valence-corrected chi connectivity index (χ0v) is 13.7. The molecule has 2 aromatic carbocycles. The summed E-state index contributed by atoms with van der Waals surface area (Å²) in [6.45, 7) is 2.86.